The first kappa shape index (κ1) is 15.3. The first-order chi connectivity index (χ1) is 9.42. The standard InChI is InChI=1S/C16H26N2O2/c1-15(2)7-9-16(11-17,10-8-15)14(19)12-5-4-6-13(18-12)20-3/h4-6,14,19H,7-11,17H2,1-3H3. The molecule has 0 aromatic carbocycles. The SMILES string of the molecule is COc1cccc(C(O)C2(CN)CCC(C)(C)CC2)n1. The van der Waals surface area contributed by atoms with Gasteiger partial charge < -0.3 is 15.6 Å². The predicted octanol–water partition coefficient (Wildman–Crippen LogP) is 2.67. The van der Waals surface area contributed by atoms with E-state index in [1.807, 2.05) is 12.1 Å². The molecule has 0 amide bonds. The highest BCUT2D eigenvalue weighted by Crippen LogP contribution is 2.50. The van der Waals surface area contributed by atoms with Gasteiger partial charge in [-0.1, -0.05) is 19.9 Å². The van der Waals surface area contributed by atoms with Gasteiger partial charge in [-0.25, -0.2) is 4.98 Å². The van der Waals surface area contributed by atoms with Crippen molar-refractivity contribution in [2.75, 3.05) is 13.7 Å². The Morgan fingerprint density at radius 1 is 1.30 bits per heavy atom. The van der Waals surface area contributed by atoms with Crippen molar-refractivity contribution < 1.29 is 9.84 Å². The van der Waals surface area contributed by atoms with Crippen LogP contribution in [0.1, 0.15) is 51.3 Å². The fourth-order valence-electron chi connectivity index (χ4n) is 3.02. The number of aromatic nitrogens is 1. The fraction of sp³-hybridized carbons (Fsp3) is 0.688. The van der Waals surface area contributed by atoms with E-state index < -0.39 is 6.10 Å². The molecule has 0 aliphatic heterocycles. The number of nitrogens with two attached hydrogens (primary N) is 1. The second-order valence-corrected chi connectivity index (χ2v) is 6.74. The van der Waals surface area contributed by atoms with Crippen molar-refractivity contribution in [2.24, 2.45) is 16.6 Å². The number of pyridine rings is 1. The number of rotatable bonds is 4. The Kier molecular flexibility index (Phi) is 4.35. The number of nitrogens with zero attached hydrogens (tertiary/aromatic N) is 1. The minimum atomic E-state index is -0.626. The van der Waals surface area contributed by atoms with Gasteiger partial charge in [0.2, 0.25) is 5.88 Å². The molecule has 4 nitrogen and oxygen atoms in total. The molecule has 2 rings (SSSR count). The summed E-state index contributed by atoms with van der Waals surface area (Å²) >= 11 is 0. The van der Waals surface area contributed by atoms with Gasteiger partial charge in [-0.3, -0.25) is 0 Å². The average molecular weight is 278 g/mol. The average Bonchev–Trinajstić information content (AvgIpc) is 2.47. The minimum absolute atomic E-state index is 0.255. The molecule has 20 heavy (non-hydrogen) atoms. The predicted molar refractivity (Wildman–Crippen MR) is 79.5 cm³/mol. The number of aliphatic hydroxyl groups excluding tert-OH is 1. The van der Waals surface area contributed by atoms with Crippen LogP contribution >= 0.6 is 0 Å². The van der Waals surface area contributed by atoms with E-state index in [0.717, 1.165) is 25.7 Å². The Morgan fingerprint density at radius 2 is 1.95 bits per heavy atom. The zero-order valence-electron chi connectivity index (χ0n) is 12.7. The molecule has 1 unspecified atom stereocenters. The van der Waals surface area contributed by atoms with E-state index in [4.69, 9.17) is 10.5 Å². The molecule has 0 radical (unpaired) electrons. The summed E-state index contributed by atoms with van der Waals surface area (Å²) in [5.41, 5.74) is 6.77. The van der Waals surface area contributed by atoms with E-state index in [2.05, 4.69) is 18.8 Å². The molecule has 1 heterocycles. The third-order valence-electron chi connectivity index (χ3n) is 4.82. The van der Waals surface area contributed by atoms with Crippen LogP contribution in [0.2, 0.25) is 0 Å². The summed E-state index contributed by atoms with van der Waals surface area (Å²) < 4.78 is 5.14. The summed E-state index contributed by atoms with van der Waals surface area (Å²) in [6, 6.07) is 5.50. The van der Waals surface area contributed by atoms with E-state index in [1.54, 1.807) is 13.2 Å². The van der Waals surface area contributed by atoms with E-state index in [0.29, 0.717) is 23.5 Å². The van der Waals surface area contributed by atoms with Crippen molar-refractivity contribution >= 4 is 0 Å². The van der Waals surface area contributed by atoms with Crippen LogP contribution in [0.25, 0.3) is 0 Å². The molecular weight excluding hydrogens is 252 g/mol. The lowest BCUT2D eigenvalue weighted by Crippen LogP contribution is -2.42. The Balaban J connectivity index is 2.22. The van der Waals surface area contributed by atoms with Crippen LogP contribution in [0, 0.1) is 10.8 Å². The zero-order valence-corrected chi connectivity index (χ0v) is 12.7. The summed E-state index contributed by atoms with van der Waals surface area (Å²) in [5.74, 6) is 0.532. The van der Waals surface area contributed by atoms with Crippen molar-refractivity contribution in [3.63, 3.8) is 0 Å². The Hall–Kier alpha value is -1.13. The van der Waals surface area contributed by atoms with Crippen LogP contribution in [0.5, 0.6) is 5.88 Å². The lowest BCUT2D eigenvalue weighted by molar-refractivity contribution is -0.0261. The number of hydrogen-bond acceptors (Lipinski definition) is 4. The molecule has 1 aliphatic carbocycles. The van der Waals surface area contributed by atoms with Crippen LogP contribution < -0.4 is 10.5 Å². The van der Waals surface area contributed by atoms with Gasteiger partial charge in [-0.15, -0.1) is 0 Å². The van der Waals surface area contributed by atoms with Crippen molar-refractivity contribution in [1.29, 1.82) is 0 Å². The first-order valence-corrected chi connectivity index (χ1v) is 7.32. The Morgan fingerprint density at radius 3 is 2.50 bits per heavy atom. The molecule has 1 aromatic heterocycles. The third kappa shape index (κ3) is 2.96. The van der Waals surface area contributed by atoms with Gasteiger partial charge in [0.05, 0.1) is 12.8 Å². The monoisotopic (exact) mass is 278 g/mol. The maximum Gasteiger partial charge on any atom is 0.213 e. The Labute approximate surface area is 121 Å². The summed E-state index contributed by atoms with van der Waals surface area (Å²) in [6.07, 6.45) is 3.43. The second-order valence-electron chi connectivity index (χ2n) is 6.74. The molecule has 0 spiro atoms. The van der Waals surface area contributed by atoms with E-state index in [-0.39, 0.29) is 5.41 Å². The van der Waals surface area contributed by atoms with Gasteiger partial charge in [0.25, 0.3) is 0 Å². The van der Waals surface area contributed by atoms with Gasteiger partial charge in [0, 0.05) is 18.0 Å². The quantitative estimate of drug-likeness (QED) is 0.888. The third-order valence-corrected chi connectivity index (χ3v) is 4.82. The van der Waals surface area contributed by atoms with Crippen molar-refractivity contribution in [2.45, 2.75) is 45.6 Å². The smallest absolute Gasteiger partial charge is 0.213 e. The van der Waals surface area contributed by atoms with Crippen LogP contribution in [-0.4, -0.2) is 23.7 Å². The molecule has 1 aromatic rings. The highest BCUT2D eigenvalue weighted by atomic mass is 16.5. The lowest BCUT2D eigenvalue weighted by Gasteiger charge is -2.45. The second kappa shape index (κ2) is 5.70. The van der Waals surface area contributed by atoms with Gasteiger partial charge in [-0.05, 0) is 37.2 Å². The fourth-order valence-corrected chi connectivity index (χ4v) is 3.02. The maximum absolute atomic E-state index is 10.8. The molecule has 112 valence electrons. The topological polar surface area (TPSA) is 68.4 Å². The summed E-state index contributed by atoms with van der Waals surface area (Å²) in [6.45, 7) is 5.05. The molecule has 3 N–H and O–H groups in total. The number of methoxy groups -OCH3 is 1. The number of ether oxygens (including phenoxy) is 1. The zero-order chi connectivity index (χ0) is 14.8. The summed E-state index contributed by atoms with van der Waals surface area (Å²) in [7, 11) is 1.58. The molecule has 1 aliphatic rings. The molecule has 0 bridgehead atoms. The number of hydrogen-bond donors (Lipinski definition) is 2. The van der Waals surface area contributed by atoms with Crippen LogP contribution in [0.3, 0.4) is 0 Å². The van der Waals surface area contributed by atoms with Gasteiger partial charge in [0.15, 0.2) is 0 Å². The lowest BCUT2D eigenvalue weighted by atomic mass is 9.62. The van der Waals surface area contributed by atoms with Gasteiger partial charge >= 0.3 is 0 Å². The largest absolute Gasteiger partial charge is 0.481 e. The van der Waals surface area contributed by atoms with Crippen molar-refractivity contribution in [3.8, 4) is 5.88 Å². The van der Waals surface area contributed by atoms with Crippen molar-refractivity contribution in [3.05, 3.63) is 23.9 Å². The molecule has 1 fully saturated rings. The highest BCUT2D eigenvalue weighted by molar-refractivity contribution is 5.19. The maximum atomic E-state index is 10.8. The molecule has 4 heteroatoms. The van der Waals surface area contributed by atoms with Crippen molar-refractivity contribution in [1.82, 2.24) is 4.98 Å². The van der Waals surface area contributed by atoms with Crippen LogP contribution in [-0.2, 0) is 0 Å². The van der Waals surface area contributed by atoms with Crippen LogP contribution in [0.4, 0.5) is 0 Å². The van der Waals surface area contributed by atoms with Crippen LogP contribution in [0.15, 0.2) is 18.2 Å². The normalized spacial score (nSPS) is 22.2. The highest BCUT2D eigenvalue weighted by Gasteiger charge is 2.43. The number of aliphatic hydroxyl groups is 1. The Bertz CT molecular complexity index is 450. The summed E-state index contributed by atoms with van der Waals surface area (Å²) in [4.78, 5) is 4.37. The molecular formula is C16H26N2O2. The van der Waals surface area contributed by atoms with Gasteiger partial charge in [0.1, 0.15) is 6.10 Å². The van der Waals surface area contributed by atoms with E-state index in [9.17, 15) is 5.11 Å². The summed E-state index contributed by atoms with van der Waals surface area (Å²) in [5, 5.41) is 10.8. The minimum Gasteiger partial charge on any atom is -0.481 e. The first-order valence-electron chi connectivity index (χ1n) is 7.32. The van der Waals surface area contributed by atoms with E-state index >= 15 is 0 Å². The van der Waals surface area contributed by atoms with E-state index in [1.165, 1.54) is 0 Å². The molecule has 1 saturated carbocycles. The van der Waals surface area contributed by atoms with Gasteiger partial charge in [-0.2, -0.15) is 0 Å². The molecule has 1 atom stereocenters. The molecule has 0 saturated heterocycles.